The lowest BCUT2D eigenvalue weighted by Gasteiger charge is -2.09. The number of nitrogens with zero attached hydrogens (tertiary/aromatic N) is 2. The number of nitrogens with one attached hydrogen (secondary N) is 2. The van der Waals surface area contributed by atoms with E-state index in [1.807, 2.05) is 62.4 Å². The number of urea groups is 1. The van der Waals surface area contributed by atoms with E-state index >= 15 is 0 Å². The van der Waals surface area contributed by atoms with Gasteiger partial charge in [-0.1, -0.05) is 30.3 Å². The summed E-state index contributed by atoms with van der Waals surface area (Å²) in [6.07, 6.45) is 0.802. The normalized spacial score (nSPS) is 10.6. The molecule has 1 heterocycles. The van der Waals surface area contributed by atoms with Crippen molar-refractivity contribution in [2.45, 2.75) is 20.3 Å². The number of aryl methyl sites for hydroxylation is 2. The second-order valence-corrected chi connectivity index (χ2v) is 5.71. The summed E-state index contributed by atoms with van der Waals surface area (Å²) in [5.41, 5.74) is 5.32. The molecule has 0 fully saturated rings. The quantitative estimate of drug-likeness (QED) is 0.771. The van der Waals surface area contributed by atoms with Crippen LogP contribution in [0.25, 0.3) is 11.0 Å². The fraction of sp³-hybridized carbons (Fsp3) is 0.211. The van der Waals surface area contributed by atoms with E-state index in [2.05, 4.69) is 20.6 Å². The van der Waals surface area contributed by atoms with Crippen LogP contribution in [0.15, 0.2) is 48.5 Å². The zero-order valence-electron chi connectivity index (χ0n) is 13.8. The highest BCUT2D eigenvalue weighted by molar-refractivity contribution is 5.91. The average Bonchev–Trinajstić information content (AvgIpc) is 2.57. The summed E-state index contributed by atoms with van der Waals surface area (Å²) in [6, 6.07) is 15.4. The van der Waals surface area contributed by atoms with Gasteiger partial charge in [0.15, 0.2) is 0 Å². The van der Waals surface area contributed by atoms with Crippen molar-refractivity contribution >= 4 is 22.8 Å². The summed E-state index contributed by atoms with van der Waals surface area (Å²) >= 11 is 0. The third-order valence-electron chi connectivity index (χ3n) is 3.88. The number of carbonyl (C=O) groups excluding carboxylic acids is 1. The van der Waals surface area contributed by atoms with Crippen LogP contribution in [0, 0.1) is 13.8 Å². The van der Waals surface area contributed by atoms with Crippen molar-refractivity contribution < 1.29 is 4.79 Å². The number of amides is 2. The molecule has 0 spiro atoms. The fourth-order valence-electron chi connectivity index (χ4n) is 2.45. The van der Waals surface area contributed by atoms with Crippen molar-refractivity contribution in [3.05, 3.63) is 65.5 Å². The Morgan fingerprint density at radius 2 is 1.67 bits per heavy atom. The van der Waals surface area contributed by atoms with Crippen LogP contribution in [0.1, 0.15) is 17.0 Å². The van der Waals surface area contributed by atoms with E-state index in [-0.39, 0.29) is 6.03 Å². The number of fused-ring (bicyclic) bond motifs is 1. The molecule has 3 aromatic rings. The minimum atomic E-state index is -0.220. The Labute approximate surface area is 141 Å². The number of anilines is 1. The van der Waals surface area contributed by atoms with Gasteiger partial charge in [0.05, 0.1) is 22.4 Å². The highest BCUT2D eigenvalue weighted by atomic mass is 16.2. The molecule has 3 rings (SSSR count). The second kappa shape index (κ2) is 7.08. The van der Waals surface area contributed by atoms with Gasteiger partial charge < -0.3 is 10.6 Å². The van der Waals surface area contributed by atoms with Gasteiger partial charge in [0.25, 0.3) is 0 Å². The maximum absolute atomic E-state index is 12.0. The molecule has 2 aromatic carbocycles. The second-order valence-electron chi connectivity index (χ2n) is 5.71. The lowest BCUT2D eigenvalue weighted by atomic mass is 10.1. The average molecular weight is 320 g/mol. The summed E-state index contributed by atoms with van der Waals surface area (Å²) in [4.78, 5) is 21.0. The van der Waals surface area contributed by atoms with E-state index < -0.39 is 0 Å². The Bertz CT molecular complexity index is 862. The van der Waals surface area contributed by atoms with Crippen molar-refractivity contribution in [2.75, 3.05) is 11.9 Å². The molecule has 122 valence electrons. The SMILES string of the molecule is Cc1nc2ccc(NC(=O)NCCc3ccccc3)cc2nc1C. The van der Waals surface area contributed by atoms with E-state index in [1.165, 1.54) is 5.56 Å². The third-order valence-corrected chi connectivity index (χ3v) is 3.88. The lowest BCUT2D eigenvalue weighted by molar-refractivity contribution is 0.252. The molecular weight excluding hydrogens is 300 g/mol. The predicted octanol–water partition coefficient (Wildman–Crippen LogP) is 3.61. The minimum absolute atomic E-state index is 0.220. The summed E-state index contributed by atoms with van der Waals surface area (Å²) in [5, 5.41) is 5.70. The largest absolute Gasteiger partial charge is 0.338 e. The fourth-order valence-corrected chi connectivity index (χ4v) is 2.45. The van der Waals surface area contributed by atoms with Crippen molar-refractivity contribution in [1.29, 1.82) is 0 Å². The van der Waals surface area contributed by atoms with E-state index in [4.69, 9.17) is 0 Å². The summed E-state index contributed by atoms with van der Waals surface area (Å²) in [5.74, 6) is 0. The Balaban J connectivity index is 1.60. The zero-order valence-corrected chi connectivity index (χ0v) is 13.8. The highest BCUT2D eigenvalue weighted by Crippen LogP contribution is 2.17. The molecule has 0 unspecified atom stereocenters. The first-order valence-corrected chi connectivity index (χ1v) is 7.95. The maximum Gasteiger partial charge on any atom is 0.319 e. The number of rotatable bonds is 4. The van der Waals surface area contributed by atoms with Crippen LogP contribution in [0.4, 0.5) is 10.5 Å². The lowest BCUT2D eigenvalue weighted by Crippen LogP contribution is -2.30. The van der Waals surface area contributed by atoms with Gasteiger partial charge in [0.2, 0.25) is 0 Å². The first-order chi connectivity index (χ1) is 11.6. The monoisotopic (exact) mass is 320 g/mol. The number of aromatic nitrogens is 2. The predicted molar refractivity (Wildman–Crippen MR) is 96.2 cm³/mol. The Morgan fingerprint density at radius 3 is 2.42 bits per heavy atom. The molecule has 0 radical (unpaired) electrons. The Kier molecular flexibility index (Phi) is 4.70. The molecule has 2 N–H and O–H groups in total. The summed E-state index contributed by atoms with van der Waals surface area (Å²) in [6.45, 7) is 4.45. The van der Waals surface area contributed by atoms with Gasteiger partial charge >= 0.3 is 6.03 Å². The van der Waals surface area contributed by atoms with E-state index in [0.29, 0.717) is 12.2 Å². The Hall–Kier alpha value is -2.95. The standard InChI is InChI=1S/C19H20N4O/c1-13-14(2)22-18-12-16(8-9-17(18)21-13)23-19(24)20-11-10-15-6-4-3-5-7-15/h3-9,12H,10-11H2,1-2H3,(H2,20,23,24). The molecular formula is C19H20N4O. The molecule has 0 aliphatic heterocycles. The van der Waals surface area contributed by atoms with Gasteiger partial charge in [-0.15, -0.1) is 0 Å². The summed E-state index contributed by atoms with van der Waals surface area (Å²) < 4.78 is 0. The first kappa shape index (κ1) is 15.9. The van der Waals surface area contributed by atoms with Crippen molar-refractivity contribution in [3.8, 4) is 0 Å². The molecule has 5 nitrogen and oxygen atoms in total. The number of carbonyl (C=O) groups is 1. The minimum Gasteiger partial charge on any atom is -0.338 e. The van der Waals surface area contributed by atoms with Gasteiger partial charge in [0, 0.05) is 12.2 Å². The van der Waals surface area contributed by atoms with Gasteiger partial charge in [0.1, 0.15) is 0 Å². The first-order valence-electron chi connectivity index (χ1n) is 7.95. The van der Waals surface area contributed by atoms with E-state index in [9.17, 15) is 4.79 Å². The van der Waals surface area contributed by atoms with Gasteiger partial charge in [-0.05, 0) is 44.0 Å². The topological polar surface area (TPSA) is 66.9 Å². The molecule has 0 bridgehead atoms. The summed E-state index contributed by atoms with van der Waals surface area (Å²) in [7, 11) is 0. The zero-order chi connectivity index (χ0) is 16.9. The van der Waals surface area contributed by atoms with E-state index in [0.717, 1.165) is 28.8 Å². The van der Waals surface area contributed by atoms with Crippen LogP contribution in [0.2, 0.25) is 0 Å². The van der Waals surface area contributed by atoms with Gasteiger partial charge in [-0.3, -0.25) is 0 Å². The molecule has 0 saturated heterocycles. The molecule has 2 amide bonds. The smallest absolute Gasteiger partial charge is 0.319 e. The van der Waals surface area contributed by atoms with Crippen LogP contribution in [-0.2, 0) is 6.42 Å². The maximum atomic E-state index is 12.0. The molecule has 1 aromatic heterocycles. The van der Waals surface area contributed by atoms with Crippen LogP contribution in [0.5, 0.6) is 0 Å². The van der Waals surface area contributed by atoms with E-state index in [1.54, 1.807) is 0 Å². The van der Waals surface area contributed by atoms with Crippen LogP contribution >= 0.6 is 0 Å². The Morgan fingerprint density at radius 1 is 0.958 bits per heavy atom. The van der Waals surface area contributed by atoms with Crippen molar-refractivity contribution in [2.24, 2.45) is 0 Å². The number of hydrogen-bond donors (Lipinski definition) is 2. The van der Waals surface area contributed by atoms with Crippen LogP contribution in [0.3, 0.4) is 0 Å². The molecule has 0 saturated carbocycles. The van der Waals surface area contributed by atoms with Crippen molar-refractivity contribution in [3.63, 3.8) is 0 Å². The molecule has 0 aliphatic rings. The molecule has 0 aliphatic carbocycles. The third kappa shape index (κ3) is 3.87. The van der Waals surface area contributed by atoms with Gasteiger partial charge in [-0.2, -0.15) is 0 Å². The molecule has 5 heteroatoms. The number of benzene rings is 2. The molecule has 0 atom stereocenters. The number of hydrogen-bond acceptors (Lipinski definition) is 3. The van der Waals surface area contributed by atoms with Crippen molar-refractivity contribution in [1.82, 2.24) is 15.3 Å². The highest BCUT2D eigenvalue weighted by Gasteiger charge is 2.05. The molecule has 24 heavy (non-hydrogen) atoms. The van der Waals surface area contributed by atoms with Crippen LogP contribution < -0.4 is 10.6 Å². The van der Waals surface area contributed by atoms with Crippen LogP contribution in [-0.4, -0.2) is 22.5 Å². The van der Waals surface area contributed by atoms with Gasteiger partial charge in [-0.25, -0.2) is 14.8 Å².